The van der Waals surface area contributed by atoms with Crippen LogP contribution >= 0.6 is 11.3 Å². The third-order valence-electron chi connectivity index (χ3n) is 14.5. The van der Waals surface area contributed by atoms with Crippen LogP contribution in [0.4, 0.5) is 28.4 Å². The molecule has 317 valence electrons. The molecule has 1 aromatic heterocycles. The average Bonchev–Trinajstić information content (AvgIpc) is 3.83. The minimum Gasteiger partial charge on any atom is -0.355 e. The summed E-state index contributed by atoms with van der Waals surface area (Å²) in [5.74, 6) is 0. The van der Waals surface area contributed by atoms with Gasteiger partial charge in [-0.25, -0.2) is 0 Å². The Morgan fingerprint density at radius 3 is 2.01 bits per heavy atom. The van der Waals surface area contributed by atoms with Crippen LogP contribution in [-0.2, 0) is 5.41 Å². The highest BCUT2D eigenvalue weighted by Gasteiger charge is 2.36. The van der Waals surface area contributed by atoms with Crippen molar-refractivity contribution in [3.8, 4) is 44.5 Å². The first-order valence-corrected chi connectivity index (χ1v) is 24.1. The van der Waals surface area contributed by atoms with Gasteiger partial charge in [-0.15, -0.1) is 11.3 Å². The lowest BCUT2D eigenvalue weighted by molar-refractivity contribution is 0.660. The maximum atomic E-state index is 4.04. The van der Waals surface area contributed by atoms with E-state index in [-0.39, 0.29) is 5.41 Å². The summed E-state index contributed by atoms with van der Waals surface area (Å²) in [6.45, 7) is 9.21. The maximum Gasteiger partial charge on any atom is 0.197 e. The molecular formula is C63H46BN2S. The summed E-state index contributed by atoms with van der Waals surface area (Å²) in [6.07, 6.45) is 0. The van der Waals surface area contributed by atoms with E-state index < -0.39 is 0 Å². The number of aryl methyl sites for hydroxylation is 2. The van der Waals surface area contributed by atoms with Gasteiger partial charge in [0.2, 0.25) is 0 Å². The molecule has 0 atom stereocenters. The zero-order valence-electron chi connectivity index (χ0n) is 38.0. The highest BCUT2D eigenvalue weighted by atomic mass is 32.1. The van der Waals surface area contributed by atoms with Crippen molar-refractivity contribution in [1.82, 2.24) is 0 Å². The van der Waals surface area contributed by atoms with Gasteiger partial charge < -0.3 is 10.2 Å². The van der Waals surface area contributed by atoms with Gasteiger partial charge in [0.15, 0.2) is 7.28 Å². The molecule has 1 N–H and O–H groups in total. The number of benzene rings is 10. The van der Waals surface area contributed by atoms with Gasteiger partial charge in [-0.1, -0.05) is 159 Å². The number of nitrogens with zero attached hydrogens (tertiary/aromatic N) is 1. The Balaban J connectivity index is 1.07. The Kier molecular flexibility index (Phi) is 9.00. The molecule has 2 heterocycles. The summed E-state index contributed by atoms with van der Waals surface area (Å²) in [4.78, 5) is 2.55. The summed E-state index contributed by atoms with van der Waals surface area (Å²) in [7, 11) is 2.46. The molecule has 67 heavy (non-hydrogen) atoms. The fraction of sp³-hybridized carbons (Fsp3) is 0.0794. The van der Waals surface area contributed by atoms with Gasteiger partial charge in [0.25, 0.3) is 0 Å². The van der Waals surface area contributed by atoms with Crippen LogP contribution in [0.15, 0.2) is 200 Å². The van der Waals surface area contributed by atoms with Crippen molar-refractivity contribution in [3.05, 3.63) is 222 Å². The van der Waals surface area contributed by atoms with Gasteiger partial charge in [-0.05, 0) is 157 Å². The van der Waals surface area contributed by atoms with E-state index in [9.17, 15) is 0 Å². The molecule has 10 aromatic carbocycles. The SMILES string of the molecule is Cc1ccccc1-c1cc(-c2cc3ccccc3cc2Nc2ccc3c(c2)C(C)(C)c2ccccc2-3)c2c(c1)N(c1ccc(-c3ccccc3)cc1C)c1cc3sc4ccccc4c3cc1[B]2. The summed E-state index contributed by atoms with van der Waals surface area (Å²) in [5.41, 5.74) is 23.0. The number of hydrogen-bond acceptors (Lipinski definition) is 3. The van der Waals surface area contributed by atoms with Gasteiger partial charge >= 0.3 is 0 Å². The van der Waals surface area contributed by atoms with Crippen LogP contribution in [0.5, 0.6) is 0 Å². The number of hydrogen-bond donors (Lipinski definition) is 1. The number of rotatable bonds is 6. The van der Waals surface area contributed by atoms with E-state index in [1.807, 2.05) is 11.3 Å². The van der Waals surface area contributed by atoms with Gasteiger partial charge in [-0.2, -0.15) is 0 Å². The van der Waals surface area contributed by atoms with Crippen molar-refractivity contribution < 1.29 is 0 Å². The molecule has 0 unspecified atom stereocenters. The number of thiophene rings is 1. The van der Waals surface area contributed by atoms with Crippen molar-refractivity contribution in [2.75, 3.05) is 10.2 Å². The molecule has 4 heteroatoms. The standard InChI is InChI=1S/C63H46BN2S/c1-38-16-8-11-21-46(38)44-32-52(50-31-41-19-9-10-20-42(41)33-56(50)65-45-27-28-48-47-22-12-14-24-53(47)63(3,4)54(48)35-45)62-59(34-44)66(57-29-26-43(30-39(57)2)40-17-6-5-7-18-40)58-37-61-51(36-55(58)64-62)49-23-13-15-25-60(49)67-61/h5-37,65H,1-4H3. The maximum absolute atomic E-state index is 4.04. The number of anilines is 5. The number of fused-ring (bicyclic) bond motifs is 9. The Morgan fingerprint density at radius 2 is 1.18 bits per heavy atom. The highest BCUT2D eigenvalue weighted by molar-refractivity contribution is 7.25. The molecule has 11 aromatic rings. The fourth-order valence-corrected chi connectivity index (χ4v) is 12.2. The molecular weight excluding hydrogens is 828 g/mol. The lowest BCUT2D eigenvalue weighted by Crippen LogP contribution is -2.41. The number of nitrogens with one attached hydrogen (secondary N) is 1. The van der Waals surface area contributed by atoms with E-state index in [0.29, 0.717) is 0 Å². The van der Waals surface area contributed by atoms with Gasteiger partial charge in [0, 0.05) is 54.2 Å². The molecule has 0 saturated carbocycles. The first-order valence-electron chi connectivity index (χ1n) is 23.3. The van der Waals surface area contributed by atoms with Crippen molar-refractivity contribution in [3.63, 3.8) is 0 Å². The zero-order chi connectivity index (χ0) is 45.0. The molecule has 0 fully saturated rings. The largest absolute Gasteiger partial charge is 0.355 e. The van der Waals surface area contributed by atoms with Crippen LogP contribution < -0.4 is 21.1 Å². The smallest absolute Gasteiger partial charge is 0.197 e. The zero-order valence-corrected chi connectivity index (χ0v) is 38.8. The molecule has 0 amide bonds. The molecule has 2 nitrogen and oxygen atoms in total. The molecule has 1 aliphatic heterocycles. The summed E-state index contributed by atoms with van der Waals surface area (Å²) in [5, 5.41) is 9.04. The van der Waals surface area contributed by atoms with Crippen LogP contribution in [0.2, 0.25) is 0 Å². The normalized spacial score (nSPS) is 13.3. The summed E-state index contributed by atoms with van der Waals surface area (Å²) >= 11 is 1.88. The van der Waals surface area contributed by atoms with Crippen molar-refractivity contribution in [1.29, 1.82) is 0 Å². The molecule has 1 aliphatic carbocycles. The fourth-order valence-electron chi connectivity index (χ4n) is 11.1. The van der Waals surface area contributed by atoms with Gasteiger partial charge in [0.05, 0.1) is 0 Å². The van der Waals surface area contributed by atoms with Crippen molar-refractivity contribution in [2.24, 2.45) is 0 Å². The highest BCUT2D eigenvalue weighted by Crippen LogP contribution is 2.50. The monoisotopic (exact) mass is 873 g/mol. The quantitative estimate of drug-likeness (QED) is 0.168. The Bertz CT molecular complexity index is 3820. The predicted octanol–water partition coefficient (Wildman–Crippen LogP) is 16.3. The first kappa shape index (κ1) is 39.7. The van der Waals surface area contributed by atoms with E-state index >= 15 is 0 Å². The van der Waals surface area contributed by atoms with E-state index in [1.54, 1.807) is 0 Å². The lowest BCUT2D eigenvalue weighted by atomic mass is 9.57. The Labute approximate surface area is 397 Å². The van der Waals surface area contributed by atoms with Gasteiger partial charge in [0.1, 0.15) is 0 Å². The van der Waals surface area contributed by atoms with Crippen LogP contribution in [-0.4, -0.2) is 7.28 Å². The predicted molar refractivity (Wildman–Crippen MR) is 290 cm³/mol. The van der Waals surface area contributed by atoms with Gasteiger partial charge in [-0.3, -0.25) is 0 Å². The average molecular weight is 874 g/mol. The second kappa shape index (κ2) is 15.2. The third-order valence-corrected chi connectivity index (χ3v) is 15.6. The second-order valence-corrected chi connectivity index (χ2v) is 20.0. The van der Waals surface area contributed by atoms with Crippen LogP contribution in [0.1, 0.15) is 36.1 Å². The lowest BCUT2D eigenvalue weighted by Gasteiger charge is -2.36. The second-order valence-electron chi connectivity index (χ2n) is 18.9. The Morgan fingerprint density at radius 1 is 0.448 bits per heavy atom. The molecule has 0 spiro atoms. The van der Waals surface area contributed by atoms with E-state index in [1.165, 1.54) is 114 Å². The molecule has 13 rings (SSSR count). The molecule has 2 aliphatic rings. The van der Waals surface area contributed by atoms with Crippen molar-refractivity contribution in [2.45, 2.75) is 33.1 Å². The minimum atomic E-state index is -0.112. The van der Waals surface area contributed by atoms with Crippen molar-refractivity contribution >= 4 is 88.9 Å². The van der Waals surface area contributed by atoms with Crippen LogP contribution in [0, 0.1) is 13.8 Å². The van der Waals surface area contributed by atoms with Crippen LogP contribution in [0.25, 0.3) is 75.5 Å². The van der Waals surface area contributed by atoms with E-state index in [0.717, 1.165) is 22.6 Å². The third kappa shape index (κ3) is 6.38. The minimum absolute atomic E-state index is 0.112. The molecule has 0 saturated heterocycles. The van der Waals surface area contributed by atoms with Crippen LogP contribution in [0.3, 0.4) is 0 Å². The molecule has 1 radical (unpaired) electrons. The molecule has 0 bridgehead atoms. The summed E-state index contributed by atoms with van der Waals surface area (Å²) < 4.78 is 2.60. The first-order chi connectivity index (χ1) is 32.8. The van der Waals surface area contributed by atoms with E-state index in [4.69, 9.17) is 0 Å². The topological polar surface area (TPSA) is 15.3 Å². The summed E-state index contributed by atoms with van der Waals surface area (Å²) in [6, 6.07) is 74.5. The Hall–Kier alpha value is -7.66. The van der Waals surface area contributed by atoms with E-state index in [2.05, 4.69) is 245 Å².